The van der Waals surface area contributed by atoms with Gasteiger partial charge in [0.15, 0.2) is 0 Å². The average Bonchev–Trinajstić information content (AvgIpc) is 2.94. The van der Waals surface area contributed by atoms with Crippen molar-refractivity contribution in [2.45, 2.75) is 25.3 Å². The Morgan fingerprint density at radius 2 is 2.14 bits per heavy atom. The summed E-state index contributed by atoms with van der Waals surface area (Å²) in [4.78, 5) is 29.1. The topological polar surface area (TPSA) is 64.0 Å². The van der Waals surface area contributed by atoms with E-state index >= 15 is 0 Å². The van der Waals surface area contributed by atoms with Gasteiger partial charge in [0.2, 0.25) is 5.82 Å². The van der Waals surface area contributed by atoms with Crippen LogP contribution in [-0.4, -0.2) is 21.2 Å². The third-order valence-electron chi connectivity index (χ3n) is 3.77. The number of rotatable bonds is 2. The molecular weight excluding hydrogens is 298 g/mol. The fraction of sp³-hybridized carbons (Fsp3) is 0.312. The smallest absolute Gasteiger partial charge is 0.291 e. The number of hydrogen-bond acceptors (Lipinski definition) is 4. The number of carbonyl (C=O) groups is 1. The normalized spacial score (nSPS) is 13.0. The van der Waals surface area contributed by atoms with Crippen LogP contribution in [0.4, 0.5) is 5.69 Å². The van der Waals surface area contributed by atoms with E-state index in [4.69, 9.17) is 0 Å². The van der Waals surface area contributed by atoms with Crippen molar-refractivity contribution < 1.29 is 4.79 Å². The fourth-order valence-electron chi connectivity index (χ4n) is 2.55. The van der Waals surface area contributed by atoms with Crippen LogP contribution >= 0.6 is 11.8 Å². The van der Waals surface area contributed by atoms with Crippen LogP contribution in [0, 0.1) is 13.8 Å². The van der Waals surface area contributed by atoms with Crippen LogP contribution in [0.3, 0.4) is 0 Å². The molecule has 0 saturated heterocycles. The average molecular weight is 315 g/mol. The first-order valence-electron chi connectivity index (χ1n) is 7.08. The Hall–Kier alpha value is -2.08. The Labute approximate surface area is 132 Å². The maximum absolute atomic E-state index is 12.5. The molecule has 0 bridgehead atoms. The molecule has 0 unspecified atom stereocenters. The van der Waals surface area contributed by atoms with E-state index in [2.05, 4.69) is 10.3 Å². The molecule has 5 nitrogen and oxygen atoms in total. The largest absolute Gasteiger partial charge is 0.319 e. The van der Waals surface area contributed by atoms with Gasteiger partial charge in [0.25, 0.3) is 11.5 Å². The van der Waals surface area contributed by atoms with Crippen molar-refractivity contribution in [1.82, 2.24) is 9.55 Å². The Kier molecular flexibility index (Phi) is 3.78. The van der Waals surface area contributed by atoms with E-state index in [-0.39, 0.29) is 17.3 Å². The molecule has 114 valence electrons. The van der Waals surface area contributed by atoms with Crippen molar-refractivity contribution in [1.29, 1.82) is 0 Å². The van der Waals surface area contributed by atoms with Gasteiger partial charge in [-0.2, -0.15) is 0 Å². The van der Waals surface area contributed by atoms with Crippen molar-refractivity contribution in [2.24, 2.45) is 7.05 Å². The number of amides is 1. The summed E-state index contributed by atoms with van der Waals surface area (Å²) in [5.74, 6) is 0.639. The number of nitrogens with zero attached hydrogens (tertiary/aromatic N) is 2. The van der Waals surface area contributed by atoms with E-state index in [1.54, 1.807) is 7.05 Å². The molecule has 6 heteroatoms. The first-order chi connectivity index (χ1) is 10.5. The lowest BCUT2D eigenvalue weighted by Crippen LogP contribution is -2.30. The van der Waals surface area contributed by atoms with Gasteiger partial charge in [-0.25, -0.2) is 4.98 Å². The predicted molar refractivity (Wildman–Crippen MR) is 87.8 cm³/mol. The summed E-state index contributed by atoms with van der Waals surface area (Å²) in [5, 5.41) is 3.53. The zero-order valence-corrected chi connectivity index (χ0v) is 13.6. The summed E-state index contributed by atoms with van der Waals surface area (Å²) in [5.41, 5.74) is 3.44. The molecule has 2 aromatic rings. The summed E-state index contributed by atoms with van der Waals surface area (Å²) in [6.45, 7) is 3.94. The van der Waals surface area contributed by atoms with Gasteiger partial charge in [0, 0.05) is 18.5 Å². The highest BCUT2D eigenvalue weighted by atomic mass is 32.2. The first kappa shape index (κ1) is 14.8. The lowest BCUT2D eigenvalue weighted by Gasteiger charge is -2.12. The minimum Gasteiger partial charge on any atom is -0.319 e. The van der Waals surface area contributed by atoms with Gasteiger partial charge in [-0.3, -0.25) is 14.2 Å². The monoisotopic (exact) mass is 315 g/mol. The Morgan fingerprint density at radius 1 is 1.36 bits per heavy atom. The van der Waals surface area contributed by atoms with E-state index in [0.717, 1.165) is 34.6 Å². The quantitative estimate of drug-likeness (QED) is 0.864. The lowest BCUT2D eigenvalue weighted by molar-refractivity contribution is 0.101. The number of aryl methyl sites for hydroxylation is 2. The number of thioether (sulfide) groups is 1. The van der Waals surface area contributed by atoms with Gasteiger partial charge in [-0.15, -0.1) is 11.8 Å². The van der Waals surface area contributed by atoms with E-state index in [9.17, 15) is 9.59 Å². The zero-order valence-electron chi connectivity index (χ0n) is 12.8. The molecular formula is C16H17N3O2S. The molecule has 1 aliphatic heterocycles. The second kappa shape index (κ2) is 5.61. The maximum Gasteiger partial charge on any atom is 0.291 e. The van der Waals surface area contributed by atoms with Crippen LogP contribution in [0.5, 0.6) is 0 Å². The molecule has 0 saturated carbocycles. The summed E-state index contributed by atoms with van der Waals surface area (Å²) in [6, 6.07) is 5.80. The fourth-order valence-corrected chi connectivity index (χ4v) is 3.56. The van der Waals surface area contributed by atoms with Crippen LogP contribution in [0.25, 0.3) is 0 Å². The van der Waals surface area contributed by atoms with E-state index in [1.807, 2.05) is 32.0 Å². The van der Waals surface area contributed by atoms with Gasteiger partial charge in [-0.05, 0) is 31.9 Å². The minimum atomic E-state index is -0.359. The van der Waals surface area contributed by atoms with Gasteiger partial charge in [-0.1, -0.05) is 17.7 Å². The number of nitrogens with one attached hydrogen (secondary N) is 1. The highest BCUT2D eigenvalue weighted by Crippen LogP contribution is 2.27. The third-order valence-corrected chi connectivity index (χ3v) is 4.79. The third kappa shape index (κ3) is 2.54. The number of carbonyl (C=O) groups excluding carboxylic acids is 1. The highest BCUT2D eigenvalue weighted by molar-refractivity contribution is 7.99. The molecule has 1 amide bonds. The van der Waals surface area contributed by atoms with E-state index in [0.29, 0.717) is 5.03 Å². The Balaban J connectivity index is 1.96. The minimum absolute atomic E-state index is 0.124. The Morgan fingerprint density at radius 3 is 2.86 bits per heavy atom. The summed E-state index contributed by atoms with van der Waals surface area (Å²) in [6.07, 6.45) is 0.721. The van der Waals surface area contributed by atoms with Crippen LogP contribution < -0.4 is 10.9 Å². The van der Waals surface area contributed by atoms with Crippen LogP contribution in [0.2, 0.25) is 0 Å². The van der Waals surface area contributed by atoms with Crippen LogP contribution in [0.15, 0.2) is 28.0 Å². The van der Waals surface area contributed by atoms with Crippen LogP contribution in [-0.2, 0) is 13.5 Å². The molecule has 0 radical (unpaired) electrons. The van der Waals surface area contributed by atoms with E-state index < -0.39 is 0 Å². The van der Waals surface area contributed by atoms with Crippen molar-refractivity contribution in [2.75, 3.05) is 11.1 Å². The van der Waals surface area contributed by atoms with Gasteiger partial charge >= 0.3 is 0 Å². The predicted octanol–water partition coefficient (Wildman–Crippen LogP) is 2.30. The molecule has 3 rings (SSSR count). The lowest BCUT2D eigenvalue weighted by atomic mass is 10.1. The number of aromatic nitrogens is 2. The highest BCUT2D eigenvalue weighted by Gasteiger charge is 2.23. The maximum atomic E-state index is 12.5. The molecule has 0 fully saturated rings. The van der Waals surface area contributed by atoms with E-state index in [1.165, 1.54) is 16.3 Å². The number of hydrogen-bond donors (Lipinski definition) is 1. The molecule has 0 atom stereocenters. The first-order valence-corrected chi connectivity index (χ1v) is 8.07. The second-order valence-corrected chi connectivity index (χ2v) is 6.54. The van der Waals surface area contributed by atoms with Gasteiger partial charge in [0.1, 0.15) is 5.03 Å². The standard InChI is InChI=1S/C16H17N3O2S/c1-9-4-5-12(10(2)8-9)17-14(20)13-18-15-11(6-7-22-15)16(21)19(13)3/h4-5,8H,6-7H2,1-3H3,(H,17,20). The molecule has 1 N–H and O–H groups in total. The molecule has 1 aromatic carbocycles. The number of anilines is 1. The zero-order chi connectivity index (χ0) is 15.9. The molecule has 0 spiro atoms. The van der Waals surface area contributed by atoms with Gasteiger partial charge in [0.05, 0.1) is 5.56 Å². The summed E-state index contributed by atoms with van der Waals surface area (Å²) < 4.78 is 1.34. The van der Waals surface area contributed by atoms with Crippen molar-refractivity contribution in [3.63, 3.8) is 0 Å². The van der Waals surface area contributed by atoms with Gasteiger partial charge < -0.3 is 5.32 Å². The van der Waals surface area contributed by atoms with Crippen LogP contribution in [0.1, 0.15) is 27.3 Å². The molecule has 0 aliphatic carbocycles. The van der Waals surface area contributed by atoms with Crippen molar-refractivity contribution in [3.8, 4) is 0 Å². The molecule has 22 heavy (non-hydrogen) atoms. The molecule has 1 aromatic heterocycles. The molecule has 1 aliphatic rings. The van der Waals surface area contributed by atoms with Crippen molar-refractivity contribution in [3.05, 3.63) is 51.1 Å². The Bertz CT molecular complexity index is 827. The summed E-state index contributed by atoms with van der Waals surface area (Å²) in [7, 11) is 1.59. The molecule has 2 heterocycles. The number of fused-ring (bicyclic) bond motifs is 1. The number of benzene rings is 1. The summed E-state index contributed by atoms with van der Waals surface area (Å²) >= 11 is 1.53. The SMILES string of the molecule is Cc1ccc(NC(=O)c2nc3c(c(=O)n2C)CCS3)c(C)c1. The van der Waals surface area contributed by atoms with Crippen molar-refractivity contribution >= 4 is 23.4 Å². The second-order valence-electron chi connectivity index (χ2n) is 5.45.